The molecule has 0 aliphatic rings. The normalized spacial score (nSPS) is 12.5. The predicted molar refractivity (Wildman–Crippen MR) is 83.9 cm³/mol. The summed E-state index contributed by atoms with van der Waals surface area (Å²) >= 11 is 0. The van der Waals surface area contributed by atoms with Crippen LogP contribution >= 0.6 is 0 Å². The summed E-state index contributed by atoms with van der Waals surface area (Å²) in [5.41, 5.74) is 3.30. The largest absolute Gasteiger partial charge is 0.340 e. The quantitative estimate of drug-likeness (QED) is 0.792. The van der Waals surface area contributed by atoms with Gasteiger partial charge in [-0.25, -0.2) is 4.98 Å². The molecule has 1 unspecified atom stereocenters. The van der Waals surface area contributed by atoms with Crippen LogP contribution in [0.1, 0.15) is 37.4 Å². The third-order valence-corrected chi connectivity index (χ3v) is 3.74. The van der Waals surface area contributed by atoms with Crippen LogP contribution in [0.15, 0.2) is 36.7 Å². The van der Waals surface area contributed by atoms with Gasteiger partial charge in [-0.15, -0.1) is 0 Å². The first kappa shape index (κ1) is 13.5. The molecule has 0 saturated carbocycles. The number of fused-ring (bicyclic) bond motifs is 1. The number of benzene rings is 1. The Kier molecular flexibility index (Phi) is 3.56. The fourth-order valence-electron chi connectivity index (χ4n) is 2.30. The average Bonchev–Trinajstić information content (AvgIpc) is 2.95. The molecule has 108 valence electrons. The maximum Gasteiger partial charge on any atom is 0.254 e. The van der Waals surface area contributed by atoms with Crippen LogP contribution in [0.5, 0.6) is 0 Å². The maximum absolute atomic E-state index is 4.34. The maximum atomic E-state index is 4.34. The summed E-state index contributed by atoms with van der Waals surface area (Å²) in [5, 5.41) is 7.57. The molecule has 1 aromatic carbocycles. The highest BCUT2D eigenvalue weighted by atomic mass is 15.3. The lowest BCUT2D eigenvalue weighted by Crippen LogP contribution is -2.02. The summed E-state index contributed by atoms with van der Waals surface area (Å²) < 4.78 is 1.70. The van der Waals surface area contributed by atoms with Crippen LogP contribution < -0.4 is 5.32 Å². The SMILES string of the molecule is CCC(C)c1ccc(Nc2cc(C)nc3ncnn23)cc1. The van der Waals surface area contributed by atoms with E-state index in [1.165, 1.54) is 11.9 Å². The number of hydrogen-bond acceptors (Lipinski definition) is 4. The molecule has 0 radical (unpaired) electrons. The molecule has 0 aliphatic heterocycles. The number of nitrogens with zero attached hydrogens (tertiary/aromatic N) is 4. The first-order valence-corrected chi connectivity index (χ1v) is 7.21. The van der Waals surface area contributed by atoms with Gasteiger partial charge in [0.2, 0.25) is 0 Å². The highest BCUT2D eigenvalue weighted by Gasteiger charge is 2.07. The second kappa shape index (κ2) is 5.52. The molecule has 5 nitrogen and oxygen atoms in total. The Labute approximate surface area is 124 Å². The van der Waals surface area contributed by atoms with Crippen LogP contribution in [0.3, 0.4) is 0 Å². The standard InChI is InChI=1S/C16H19N5/c1-4-11(2)13-5-7-14(8-6-13)20-15-9-12(3)19-16-17-10-18-21(15)16/h5-11,20H,4H2,1-3H3. The number of anilines is 2. The van der Waals surface area contributed by atoms with Gasteiger partial charge < -0.3 is 5.32 Å². The van der Waals surface area contributed by atoms with Crippen LogP contribution in [0.4, 0.5) is 11.5 Å². The van der Waals surface area contributed by atoms with Crippen molar-refractivity contribution in [2.45, 2.75) is 33.1 Å². The van der Waals surface area contributed by atoms with Crippen molar-refractivity contribution in [3.63, 3.8) is 0 Å². The van der Waals surface area contributed by atoms with E-state index in [-0.39, 0.29) is 0 Å². The van der Waals surface area contributed by atoms with E-state index in [2.05, 4.69) is 58.5 Å². The fourth-order valence-corrected chi connectivity index (χ4v) is 2.30. The Hall–Kier alpha value is -2.43. The van der Waals surface area contributed by atoms with Crippen molar-refractivity contribution in [3.8, 4) is 0 Å². The number of hydrogen-bond donors (Lipinski definition) is 1. The molecule has 0 bridgehead atoms. The number of aryl methyl sites for hydroxylation is 1. The zero-order valence-corrected chi connectivity index (χ0v) is 12.5. The Balaban J connectivity index is 1.90. The molecule has 3 rings (SSSR count). The molecule has 0 spiro atoms. The fraction of sp³-hybridized carbons (Fsp3) is 0.312. The highest BCUT2D eigenvalue weighted by molar-refractivity contribution is 5.59. The highest BCUT2D eigenvalue weighted by Crippen LogP contribution is 2.22. The summed E-state index contributed by atoms with van der Waals surface area (Å²) in [7, 11) is 0. The summed E-state index contributed by atoms with van der Waals surface area (Å²) in [6.45, 7) is 6.40. The van der Waals surface area contributed by atoms with Crippen LogP contribution in [0, 0.1) is 6.92 Å². The minimum absolute atomic E-state index is 0.587. The zero-order valence-electron chi connectivity index (χ0n) is 12.5. The Morgan fingerprint density at radius 3 is 2.71 bits per heavy atom. The van der Waals surface area contributed by atoms with E-state index in [0.717, 1.165) is 23.6 Å². The molecule has 0 saturated heterocycles. The number of nitrogens with one attached hydrogen (secondary N) is 1. The second-order valence-electron chi connectivity index (χ2n) is 5.31. The van der Waals surface area contributed by atoms with Gasteiger partial charge in [0.1, 0.15) is 12.1 Å². The van der Waals surface area contributed by atoms with Crippen LogP contribution in [-0.2, 0) is 0 Å². The van der Waals surface area contributed by atoms with E-state index in [0.29, 0.717) is 11.7 Å². The van der Waals surface area contributed by atoms with E-state index < -0.39 is 0 Å². The smallest absolute Gasteiger partial charge is 0.254 e. The Bertz CT molecular complexity index is 745. The molecule has 0 aliphatic carbocycles. The summed E-state index contributed by atoms with van der Waals surface area (Å²) in [6.07, 6.45) is 2.66. The van der Waals surface area contributed by atoms with Crippen molar-refractivity contribution in [3.05, 3.63) is 47.9 Å². The van der Waals surface area contributed by atoms with Crippen LogP contribution in [0.25, 0.3) is 5.78 Å². The average molecular weight is 281 g/mol. The lowest BCUT2D eigenvalue weighted by molar-refractivity contribution is 0.734. The lowest BCUT2D eigenvalue weighted by Gasteiger charge is -2.12. The molecule has 1 N–H and O–H groups in total. The van der Waals surface area contributed by atoms with Gasteiger partial charge >= 0.3 is 0 Å². The zero-order chi connectivity index (χ0) is 14.8. The summed E-state index contributed by atoms with van der Waals surface area (Å²) in [5.74, 6) is 2.06. The molecular weight excluding hydrogens is 262 g/mol. The number of aromatic nitrogens is 4. The molecule has 0 amide bonds. The van der Waals surface area contributed by atoms with Crippen LogP contribution in [-0.4, -0.2) is 19.6 Å². The van der Waals surface area contributed by atoms with Gasteiger partial charge in [0.05, 0.1) is 0 Å². The van der Waals surface area contributed by atoms with Gasteiger partial charge in [-0.3, -0.25) is 0 Å². The van der Waals surface area contributed by atoms with Crippen molar-refractivity contribution in [1.29, 1.82) is 0 Å². The molecule has 3 aromatic rings. The third-order valence-electron chi connectivity index (χ3n) is 3.74. The van der Waals surface area contributed by atoms with Crippen molar-refractivity contribution in [2.24, 2.45) is 0 Å². The molecule has 2 heterocycles. The monoisotopic (exact) mass is 281 g/mol. The molecule has 1 atom stereocenters. The van der Waals surface area contributed by atoms with Gasteiger partial charge in [0.15, 0.2) is 0 Å². The third kappa shape index (κ3) is 2.72. The van der Waals surface area contributed by atoms with E-state index >= 15 is 0 Å². The van der Waals surface area contributed by atoms with Gasteiger partial charge in [-0.1, -0.05) is 26.0 Å². The minimum atomic E-state index is 0.587. The first-order chi connectivity index (χ1) is 10.2. The lowest BCUT2D eigenvalue weighted by atomic mass is 9.99. The van der Waals surface area contributed by atoms with Crippen molar-refractivity contribution < 1.29 is 0 Å². The van der Waals surface area contributed by atoms with Crippen molar-refractivity contribution in [2.75, 3.05) is 5.32 Å². The molecule has 5 heteroatoms. The summed E-state index contributed by atoms with van der Waals surface area (Å²) in [6, 6.07) is 10.5. The Morgan fingerprint density at radius 1 is 1.24 bits per heavy atom. The second-order valence-corrected chi connectivity index (χ2v) is 5.31. The van der Waals surface area contributed by atoms with E-state index in [1.54, 1.807) is 4.52 Å². The van der Waals surface area contributed by atoms with Gasteiger partial charge in [0, 0.05) is 17.4 Å². The van der Waals surface area contributed by atoms with Crippen molar-refractivity contribution >= 4 is 17.3 Å². The van der Waals surface area contributed by atoms with Gasteiger partial charge in [-0.2, -0.15) is 14.6 Å². The van der Waals surface area contributed by atoms with Crippen molar-refractivity contribution in [1.82, 2.24) is 19.6 Å². The molecule has 2 aromatic heterocycles. The first-order valence-electron chi connectivity index (χ1n) is 7.21. The molecular formula is C16H19N5. The van der Waals surface area contributed by atoms with Crippen LogP contribution in [0.2, 0.25) is 0 Å². The van der Waals surface area contributed by atoms with Gasteiger partial charge in [-0.05, 0) is 37.0 Å². The van der Waals surface area contributed by atoms with Gasteiger partial charge in [0.25, 0.3) is 5.78 Å². The Morgan fingerprint density at radius 2 is 2.00 bits per heavy atom. The van der Waals surface area contributed by atoms with E-state index in [9.17, 15) is 0 Å². The topological polar surface area (TPSA) is 55.1 Å². The molecule has 21 heavy (non-hydrogen) atoms. The summed E-state index contributed by atoms with van der Waals surface area (Å²) in [4.78, 5) is 8.47. The predicted octanol–water partition coefficient (Wildman–Crippen LogP) is 3.69. The minimum Gasteiger partial charge on any atom is -0.340 e. The van der Waals surface area contributed by atoms with E-state index in [1.807, 2.05) is 13.0 Å². The van der Waals surface area contributed by atoms with E-state index in [4.69, 9.17) is 0 Å². The molecule has 0 fully saturated rings. The number of rotatable bonds is 4.